The van der Waals surface area contributed by atoms with Crippen molar-refractivity contribution in [1.29, 1.82) is 0 Å². The molecule has 94 valence electrons. The van der Waals surface area contributed by atoms with Gasteiger partial charge >= 0.3 is 0 Å². The third kappa shape index (κ3) is 3.01. The van der Waals surface area contributed by atoms with Crippen LogP contribution in [0.3, 0.4) is 0 Å². The first-order chi connectivity index (χ1) is 8.35. The molecule has 0 atom stereocenters. The van der Waals surface area contributed by atoms with Gasteiger partial charge in [-0.1, -0.05) is 13.3 Å². The summed E-state index contributed by atoms with van der Waals surface area (Å²) >= 11 is 0. The Bertz CT molecular complexity index is 379. The molecule has 4 heteroatoms. The van der Waals surface area contributed by atoms with Gasteiger partial charge in [0, 0.05) is 44.3 Å². The minimum Gasteiger partial charge on any atom is -0.384 e. The number of methoxy groups -OCH3 is 1. The Morgan fingerprint density at radius 1 is 1.29 bits per heavy atom. The number of hydrogen-bond acceptors (Lipinski definition) is 4. The Kier molecular flexibility index (Phi) is 4.45. The molecule has 4 nitrogen and oxygen atoms in total. The van der Waals surface area contributed by atoms with Crippen LogP contribution in [0.4, 0.5) is 0 Å². The topological polar surface area (TPSA) is 47.0 Å². The highest BCUT2D eigenvalue weighted by molar-refractivity contribution is 5.28. The summed E-state index contributed by atoms with van der Waals surface area (Å²) in [5, 5.41) is 3.40. The number of aromatic nitrogens is 2. The second kappa shape index (κ2) is 6.07. The lowest BCUT2D eigenvalue weighted by Crippen LogP contribution is -2.27. The number of aryl methyl sites for hydroxylation is 1. The van der Waals surface area contributed by atoms with Crippen LogP contribution in [0.5, 0.6) is 0 Å². The smallest absolute Gasteiger partial charge is 0.131 e. The summed E-state index contributed by atoms with van der Waals surface area (Å²) in [6.07, 6.45) is 4.02. The first-order valence-electron chi connectivity index (χ1n) is 6.42. The Morgan fingerprint density at radius 2 is 2.18 bits per heavy atom. The van der Waals surface area contributed by atoms with Crippen LogP contribution in [0.25, 0.3) is 0 Å². The van der Waals surface area contributed by atoms with E-state index in [4.69, 9.17) is 4.74 Å². The summed E-state index contributed by atoms with van der Waals surface area (Å²) in [6, 6.07) is 0. The molecule has 1 aromatic heterocycles. The number of hydrogen-bond donors (Lipinski definition) is 1. The zero-order valence-electron chi connectivity index (χ0n) is 10.8. The molecule has 2 rings (SSSR count). The van der Waals surface area contributed by atoms with Crippen molar-refractivity contribution in [1.82, 2.24) is 15.3 Å². The van der Waals surface area contributed by atoms with Gasteiger partial charge in [0.2, 0.25) is 0 Å². The molecular formula is C13H21N3O. The lowest BCUT2D eigenvalue weighted by Gasteiger charge is -2.20. The van der Waals surface area contributed by atoms with Crippen molar-refractivity contribution in [2.75, 3.05) is 20.3 Å². The van der Waals surface area contributed by atoms with Crippen LogP contribution in [0.15, 0.2) is 0 Å². The fourth-order valence-electron chi connectivity index (χ4n) is 2.22. The summed E-state index contributed by atoms with van der Waals surface area (Å²) in [6.45, 7) is 4.84. The Morgan fingerprint density at radius 3 is 2.94 bits per heavy atom. The molecule has 0 aromatic carbocycles. The van der Waals surface area contributed by atoms with Crippen molar-refractivity contribution in [2.45, 2.75) is 39.2 Å². The summed E-state index contributed by atoms with van der Waals surface area (Å²) in [5.41, 5.74) is 3.81. The fraction of sp³-hybridized carbons (Fsp3) is 0.692. The quantitative estimate of drug-likeness (QED) is 0.834. The average Bonchev–Trinajstić information content (AvgIpc) is 2.37. The van der Waals surface area contributed by atoms with Crippen LogP contribution in [0.1, 0.15) is 36.1 Å². The highest BCUT2D eigenvalue weighted by atomic mass is 16.5. The minimum absolute atomic E-state index is 0.697. The first-order valence-corrected chi connectivity index (χ1v) is 6.42. The predicted octanol–water partition coefficient (Wildman–Crippen LogP) is 1.26. The zero-order valence-corrected chi connectivity index (χ0v) is 10.8. The lowest BCUT2D eigenvalue weighted by atomic mass is 10.0. The molecule has 0 unspecified atom stereocenters. The molecule has 0 aliphatic carbocycles. The summed E-state index contributed by atoms with van der Waals surface area (Å²) in [7, 11) is 1.72. The maximum Gasteiger partial charge on any atom is 0.131 e. The van der Waals surface area contributed by atoms with Gasteiger partial charge in [0.1, 0.15) is 5.82 Å². The SMILES string of the molecule is CCCc1nc(CCOC)nc2c1CNCC2. The van der Waals surface area contributed by atoms with Gasteiger partial charge < -0.3 is 10.1 Å². The summed E-state index contributed by atoms with van der Waals surface area (Å²) < 4.78 is 5.10. The second-order valence-corrected chi connectivity index (χ2v) is 4.43. The van der Waals surface area contributed by atoms with Gasteiger partial charge in [0.15, 0.2) is 0 Å². The maximum absolute atomic E-state index is 5.10. The van der Waals surface area contributed by atoms with Gasteiger partial charge in [0.25, 0.3) is 0 Å². The van der Waals surface area contributed by atoms with E-state index in [0.29, 0.717) is 6.61 Å². The molecule has 0 fully saturated rings. The van der Waals surface area contributed by atoms with E-state index in [0.717, 1.165) is 44.6 Å². The normalized spacial score (nSPS) is 14.7. The van der Waals surface area contributed by atoms with Crippen LogP contribution in [0.2, 0.25) is 0 Å². The largest absolute Gasteiger partial charge is 0.384 e. The van der Waals surface area contributed by atoms with Crippen molar-refractivity contribution in [3.8, 4) is 0 Å². The van der Waals surface area contributed by atoms with E-state index in [-0.39, 0.29) is 0 Å². The lowest BCUT2D eigenvalue weighted by molar-refractivity contribution is 0.200. The monoisotopic (exact) mass is 235 g/mol. The molecular weight excluding hydrogens is 214 g/mol. The van der Waals surface area contributed by atoms with E-state index < -0.39 is 0 Å². The zero-order chi connectivity index (χ0) is 12.1. The minimum atomic E-state index is 0.697. The number of nitrogens with one attached hydrogen (secondary N) is 1. The molecule has 0 spiro atoms. The van der Waals surface area contributed by atoms with Crippen LogP contribution < -0.4 is 5.32 Å². The van der Waals surface area contributed by atoms with Gasteiger partial charge in [-0.05, 0) is 6.42 Å². The Hall–Kier alpha value is -1.00. The fourth-order valence-corrected chi connectivity index (χ4v) is 2.22. The number of nitrogens with zero attached hydrogens (tertiary/aromatic N) is 2. The van der Waals surface area contributed by atoms with E-state index in [1.54, 1.807) is 7.11 Å². The van der Waals surface area contributed by atoms with Gasteiger partial charge in [-0.3, -0.25) is 0 Å². The van der Waals surface area contributed by atoms with Crippen LogP contribution in [-0.2, 0) is 30.5 Å². The third-order valence-electron chi connectivity index (χ3n) is 3.08. The van der Waals surface area contributed by atoms with Crippen LogP contribution in [-0.4, -0.2) is 30.2 Å². The van der Waals surface area contributed by atoms with Crippen molar-refractivity contribution < 1.29 is 4.74 Å². The van der Waals surface area contributed by atoms with Crippen LogP contribution in [0, 0.1) is 0 Å². The highest BCUT2D eigenvalue weighted by Crippen LogP contribution is 2.17. The van der Waals surface area contributed by atoms with Crippen molar-refractivity contribution in [3.05, 3.63) is 22.8 Å². The molecule has 1 N–H and O–H groups in total. The number of fused-ring (bicyclic) bond motifs is 1. The molecule has 0 bridgehead atoms. The standard InChI is InChI=1S/C13H21N3O/c1-3-4-11-10-9-14-7-5-12(10)16-13(15-11)6-8-17-2/h14H,3-9H2,1-2H3. The van der Waals surface area contributed by atoms with Gasteiger partial charge in [-0.2, -0.15) is 0 Å². The molecule has 2 heterocycles. The first kappa shape index (κ1) is 12.5. The average molecular weight is 235 g/mol. The van der Waals surface area contributed by atoms with E-state index >= 15 is 0 Å². The van der Waals surface area contributed by atoms with Crippen LogP contribution >= 0.6 is 0 Å². The van der Waals surface area contributed by atoms with E-state index in [1.807, 2.05) is 0 Å². The molecule has 17 heavy (non-hydrogen) atoms. The molecule has 1 aromatic rings. The molecule has 0 amide bonds. The van der Waals surface area contributed by atoms with Gasteiger partial charge in [-0.25, -0.2) is 9.97 Å². The van der Waals surface area contributed by atoms with Gasteiger partial charge in [0.05, 0.1) is 12.3 Å². The third-order valence-corrected chi connectivity index (χ3v) is 3.08. The van der Waals surface area contributed by atoms with E-state index in [9.17, 15) is 0 Å². The summed E-state index contributed by atoms with van der Waals surface area (Å²) in [4.78, 5) is 9.34. The molecule has 1 aliphatic rings. The molecule has 0 saturated carbocycles. The van der Waals surface area contributed by atoms with Crippen molar-refractivity contribution >= 4 is 0 Å². The van der Waals surface area contributed by atoms with E-state index in [2.05, 4.69) is 22.2 Å². The maximum atomic E-state index is 5.10. The number of ether oxygens (including phenoxy) is 1. The summed E-state index contributed by atoms with van der Waals surface area (Å²) in [5.74, 6) is 0.941. The Labute approximate surface area is 103 Å². The Balaban J connectivity index is 2.27. The molecule has 1 aliphatic heterocycles. The number of rotatable bonds is 5. The predicted molar refractivity (Wildman–Crippen MR) is 67.0 cm³/mol. The molecule has 0 saturated heterocycles. The van der Waals surface area contributed by atoms with E-state index in [1.165, 1.54) is 17.0 Å². The van der Waals surface area contributed by atoms with Gasteiger partial charge in [-0.15, -0.1) is 0 Å². The second-order valence-electron chi connectivity index (χ2n) is 4.43. The van der Waals surface area contributed by atoms with Crippen molar-refractivity contribution in [2.24, 2.45) is 0 Å². The highest BCUT2D eigenvalue weighted by Gasteiger charge is 2.16. The van der Waals surface area contributed by atoms with Crippen molar-refractivity contribution in [3.63, 3.8) is 0 Å². The molecule has 0 radical (unpaired) electrons.